The molecule has 0 aliphatic carbocycles. The first-order valence-electron chi connectivity index (χ1n) is 7.77. The number of hydrogen-bond acceptors (Lipinski definition) is 2. The molecule has 0 N–H and O–H groups in total. The van der Waals surface area contributed by atoms with Gasteiger partial charge >= 0.3 is 0 Å². The molecule has 0 spiro atoms. The maximum absolute atomic E-state index is 6.37. The molecule has 2 nitrogen and oxygen atoms in total. The van der Waals surface area contributed by atoms with Crippen LogP contribution in [0.4, 0.5) is 0 Å². The van der Waals surface area contributed by atoms with Crippen molar-refractivity contribution in [3.63, 3.8) is 0 Å². The van der Waals surface area contributed by atoms with Gasteiger partial charge in [0.2, 0.25) is 5.89 Å². The molecule has 0 bridgehead atoms. The summed E-state index contributed by atoms with van der Waals surface area (Å²) >= 11 is 6.37. The molecule has 24 heavy (non-hydrogen) atoms. The lowest BCUT2D eigenvalue weighted by Crippen LogP contribution is -1.81. The van der Waals surface area contributed by atoms with E-state index in [1.807, 2.05) is 48.5 Å². The summed E-state index contributed by atoms with van der Waals surface area (Å²) in [4.78, 5) is 4.78. The summed E-state index contributed by atoms with van der Waals surface area (Å²) in [5.74, 6) is 0.636. The SMILES string of the molecule is Clc1cccc2c1ccc1ccc3oc(-c4ccccc4)nc3c12. The van der Waals surface area contributed by atoms with Crippen molar-refractivity contribution >= 4 is 44.2 Å². The highest BCUT2D eigenvalue weighted by atomic mass is 35.5. The number of oxazole rings is 1. The molecule has 0 radical (unpaired) electrons. The van der Waals surface area contributed by atoms with E-state index in [1.54, 1.807) is 0 Å². The van der Waals surface area contributed by atoms with Crippen molar-refractivity contribution in [1.29, 1.82) is 0 Å². The van der Waals surface area contributed by atoms with Crippen molar-refractivity contribution in [2.45, 2.75) is 0 Å². The highest BCUT2D eigenvalue weighted by Gasteiger charge is 2.13. The van der Waals surface area contributed by atoms with Gasteiger partial charge in [-0.1, -0.05) is 60.1 Å². The lowest BCUT2D eigenvalue weighted by molar-refractivity contribution is 0.620. The van der Waals surface area contributed by atoms with E-state index < -0.39 is 0 Å². The number of hydrogen-bond donors (Lipinski definition) is 0. The van der Waals surface area contributed by atoms with E-state index in [1.165, 1.54) is 0 Å². The molecular formula is C21H12ClNO. The molecule has 1 heterocycles. The van der Waals surface area contributed by atoms with Gasteiger partial charge in [0, 0.05) is 21.4 Å². The van der Waals surface area contributed by atoms with Crippen LogP contribution in [0.1, 0.15) is 0 Å². The van der Waals surface area contributed by atoms with Crippen molar-refractivity contribution in [3.8, 4) is 11.5 Å². The highest BCUT2D eigenvalue weighted by Crippen LogP contribution is 2.36. The predicted octanol–water partition coefficient (Wildman–Crippen LogP) is 6.45. The van der Waals surface area contributed by atoms with Crippen LogP contribution in [0.25, 0.3) is 44.1 Å². The smallest absolute Gasteiger partial charge is 0.227 e. The second kappa shape index (κ2) is 5.08. The molecule has 0 unspecified atom stereocenters. The molecular weight excluding hydrogens is 318 g/mol. The maximum Gasteiger partial charge on any atom is 0.227 e. The standard InChI is InChI=1S/C21H12ClNO/c22-17-8-4-7-16-15(17)11-9-13-10-12-18-20(19(13)16)23-21(24-18)14-5-2-1-3-6-14/h1-12H. The van der Waals surface area contributed by atoms with Crippen molar-refractivity contribution in [3.05, 3.63) is 77.8 Å². The minimum atomic E-state index is 0.636. The van der Waals surface area contributed by atoms with E-state index in [-0.39, 0.29) is 0 Å². The molecule has 0 saturated carbocycles. The average molecular weight is 330 g/mol. The molecule has 0 aliphatic rings. The topological polar surface area (TPSA) is 26.0 Å². The largest absolute Gasteiger partial charge is 0.436 e. The fraction of sp³-hybridized carbons (Fsp3) is 0. The average Bonchev–Trinajstić information content (AvgIpc) is 3.07. The van der Waals surface area contributed by atoms with Crippen LogP contribution in [-0.4, -0.2) is 4.98 Å². The maximum atomic E-state index is 6.37. The van der Waals surface area contributed by atoms with Crippen molar-refractivity contribution < 1.29 is 4.42 Å². The van der Waals surface area contributed by atoms with E-state index >= 15 is 0 Å². The van der Waals surface area contributed by atoms with E-state index in [0.29, 0.717) is 5.89 Å². The van der Waals surface area contributed by atoms with Gasteiger partial charge in [0.25, 0.3) is 0 Å². The third-order valence-electron chi connectivity index (χ3n) is 4.37. The Morgan fingerprint density at radius 3 is 2.46 bits per heavy atom. The van der Waals surface area contributed by atoms with Crippen LogP contribution in [0.3, 0.4) is 0 Å². The minimum Gasteiger partial charge on any atom is -0.436 e. The summed E-state index contributed by atoms with van der Waals surface area (Å²) in [6.45, 7) is 0. The number of benzene rings is 4. The number of fused-ring (bicyclic) bond motifs is 5. The van der Waals surface area contributed by atoms with Crippen LogP contribution >= 0.6 is 11.6 Å². The van der Waals surface area contributed by atoms with E-state index in [9.17, 15) is 0 Å². The Bertz CT molecular complexity index is 1210. The summed E-state index contributed by atoms with van der Waals surface area (Å²) < 4.78 is 6.00. The first kappa shape index (κ1) is 13.6. The molecule has 5 aromatic rings. The molecule has 114 valence electrons. The van der Waals surface area contributed by atoms with Crippen molar-refractivity contribution in [2.75, 3.05) is 0 Å². The van der Waals surface area contributed by atoms with Crippen LogP contribution in [0.5, 0.6) is 0 Å². The Labute approximate surface area is 143 Å². The zero-order valence-electron chi connectivity index (χ0n) is 12.7. The summed E-state index contributed by atoms with van der Waals surface area (Å²) in [6.07, 6.45) is 0. The molecule has 0 aliphatic heterocycles. The molecule has 0 amide bonds. The number of aromatic nitrogens is 1. The zero-order valence-corrected chi connectivity index (χ0v) is 13.4. The summed E-state index contributed by atoms with van der Waals surface area (Å²) in [7, 11) is 0. The van der Waals surface area contributed by atoms with Crippen molar-refractivity contribution in [1.82, 2.24) is 4.98 Å². The van der Waals surface area contributed by atoms with Gasteiger partial charge in [-0.25, -0.2) is 4.98 Å². The molecule has 0 fully saturated rings. The minimum absolute atomic E-state index is 0.636. The van der Waals surface area contributed by atoms with Gasteiger partial charge in [0.05, 0.1) is 0 Å². The zero-order chi connectivity index (χ0) is 16.1. The van der Waals surface area contributed by atoms with Gasteiger partial charge in [-0.05, 0) is 35.0 Å². The Balaban J connectivity index is 1.92. The van der Waals surface area contributed by atoms with Crippen molar-refractivity contribution in [2.24, 2.45) is 0 Å². The monoisotopic (exact) mass is 329 g/mol. The number of halogens is 1. The molecule has 1 aromatic heterocycles. The second-order valence-electron chi connectivity index (χ2n) is 5.80. The molecule has 5 rings (SSSR count). The first-order valence-corrected chi connectivity index (χ1v) is 8.15. The third-order valence-corrected chi connectivity index (χ3v) is 4.70. The Hall–Kier alpha value is -2.84. The van der Waals surface area contributed by atoms with E-state index in [0.717, 1.165) is 43.2 Å². The fourth-order valence-corrected chi connectivity index (χ4v) is 3.47. The van der Waals surface area contributed by atoms with Crippen LogP contribution in [-0.2, 0) is 0 Å². The molecule has 0 atom stereocenters. The third kappa shape index (κ3) is 1.93. The van der Waals surface area contributed by atoms with Crippen LogP contribution in [0, 0.1) is 0 Å². The van der Waals surface area contributed by atoms with E-state index in [4.69, 9.17) is 21.0 Å². The summed E-state index contributed by atoms with van der Waals surface area (Å²) in [6, 6.07) is 24.1. The summed E-state index contributed by atoms with van der Waals surface area (Å²) in [5, 5.41) is 5.09. The number of rotatable bonds is 1. The van der Waals surface area contributed by atoms with Crippen LogP contribution in [0.2, 0.25) is 5.02 Å². The normalized spacial score (nSPS) is 11.5. The Kier molecular flexibility index (Phi) is 2.88. The van der Waals surface area contributed by atoms with Gasteiger partial charge in [-0.2, -0.15) is 0 Å². The van der Waals surface area contributed by atoms with Gasteiger partial charge in [-0.3, -0.25) is 0 Å². The van der Waals surface area contributed by atoms with E-state index in [2.05, 4.69) is 24.3 Å². The van der Waals surface area contributed by atoms with Gasteiger partial charge < -0.3 is 4.42 Å². The lowest BCUT2D eigenvalue weighted by Gasteiger charge is -2.05. The Morgan fingerprint density at radius 2 is 1.58 bits per heavy atom. The highest BCUT2D eigenvalue weighted by molar-refractivity contribution is 6.37. The number of nitrogens with zero attached hydrogens (tertiary/aromatic N) is 1. The van der Waals surface area contributed by atoms with Crippen LogP contribution in [0.15, 0.2) is 77.2 Å². The Morgan fingerprint density at radius 1 is 0.750 bits per heavy atom. The van der Waals surface area contributed by atoms with Gasteiger partial charge in [-0.15, -0.1) is 0 Å². The fourth-order valence-electron chi connectivity index (χ4n) is 3.23. The quantitative estimate of drug-likeness (QED) is 0.330. The summed E-state index contributed by atoms with van der Waals surface area (Å²) in [5.41, 5.74) is 2.63. The predicted molar refractivity (Wildman–Crippen MR) is 99.5 cm³/mol. The molecule has 3 heteroatoms. The van der Waals surface area contributed by atoms with Gasteiger partial charge in [0.1, 0.15) is 5.52 Å². The second-order valence-corrected chi connectivity index (χ2v) is 6.20. The van der Waals surface area contributed by atoms with Gasteiger partial charge in [0.15, 0.2) is 5.58 Å². The molecule has 4 aromatic carbocycles. The molecule has 0 saturated heterocycles. The van der Waals surface area contributed by atoms with Crippen LogP contribution < -0.4 is 0 Å². The first-order chi connectivity index (χ1) is 11.8. The lowest BCUT2D eigenvalue weighted by atomic mass is 10.0.